The maximum absolute atomic E-state index is 12.8. The van der Waals surface area contributed by atoms with E-state index in [9.17, 15) is 14.4 Å². The molecular weight excluding hydrogens is 410 g/mol. The average Bonchev–Trinajstić information content (AvgIpc) is 2.73. The van der Waals surface area contributed by atoms with E-state index in [1.807, 2.05) is 26.8 Å². The molecule has 0 unspecified atom stereocenters. The third-order valence-electron chi connectivity index (χ3n) is 4.84. The fourth-order valence-corrected chi connectivity index (χ4v) is 3.32. The number of hydrogen-bond donors (Lipinski definition) is 2. The number of anilines is 1. The lowest BCUT2D eigenvalue weighted by Gasteiger charge is -2.33. The Morgan fingerprint density at radius 1 is 0.906 bits per heavy atom. The first kappa shape index (κ1) is 23.1. The van der Waals surface area contributed by atoms with E-state index in [1.54, 1.807) is 53.4 Å². The molecule has 2 aromatic carbocycles. The highest BCUT2D eigenvalue weighted by Crippen LogP contribution is 2.17. The Kier molecular flexibility index (Phi) is 7.35. The summed E-state index contributed by atoms with van der Waals surface area (Å²) in [6.07, 6.45) is 0.289. The molecule has 0 atom stereocenters. The molecule has 0 spiro atoms. The van der Waals surface area contributed by atoms with Crippen LogP contribution in [0.4, 0.5) is 15.3 Å². The quantitative estimate of drug-likeness (QED) is 0.735. The molecule has 1 aliphatic rings. The van der Waals surface area contributed by atoms with Gasteiger partial charge in [-0.1, -0.05) is 18.2 Å². The van der Waals surface area contributed by atoms with Crippen LogP contribution < -0.4 is 15.4 Å². The number of rotatable bonds is 4. The summed E-state index contributed by atoms with van der Waals surface area (Å²) in [6, 6.07) is 15.4. The first-order valence-corrected chi connectivity index (χ1v) is 10.6. The van der Waals surface area contributed by atoms with Crippen molar-refractivity contribution in [2.75, 3.05) is 18.4 Å². The molecule has 0 aromatic heterocycles. The molecule has 0 bridgehead atoms. The number of nitrogens with zero attached hydrogens (tertiary/aromatic N) is 1. The van der Waals surface area contributed by atoms with Crippen molar-refractivity contribution in [1.82, 2.24) is 10.2 Å². The number of amides is 3. The highest BCUT2D eigenvalue weighted by atomic mass is 16.6. The summed E-state index contributed by atoms with van der Waals surface area (Å²) in [6.45, 7) is 6.55. The van der Waals surface area contributed by atoms with Crippen molar-refractivity contribution in [2.24, 2.45) is 0 Å². The van der Waals surface area contributed by atoms with Gasteiger partial charge in [-0.2, -0.15) is 0 Å². The monoisotopic (exact) mass is 439 g/mol. The minimum absolute atomic E-state index is 0.0175. The van der Waals surface area contributed by atoms with Crippen LogP contribution in [0, 0.1) is 0 Å². The molecule has 2 N–H and O–H groups in total. The molecule has 170 valence electrons. The van der Waals surface area contributed by atoms with Gasteiger partial charge in [-0.25, -0.2) is 9.59 Å². The van der Waals surface area contributed by atoms with E-state index < -0.39 is 17.8 Å². The molecule has 0 radical (unpaired) electrons. The summed E-state index contributed by atoms with van der Waals surface area (Å²) in [5, 5.41) is 5.50. The van der Waals surface area contributed by atoms with Crippen LogP contribution in [0.2, 0.25) is 0 Å². The Balaban J connectivity index is 1.46. The second-order valence-corrected chi connectivity index (χ2v) is 8.62. The molecule has 1 saturated heterocycles. The van der Waals surface area contributed by atoms with Gasteiger partial charge in [0.05, 0.1) is 0 Å². The number of para-hydroxylation sites is 1. The SMILES string of the molecule is CC(C)(C)OC(=O)NC1CCN(C(=O)c2ccc(NC(=O)Oc3ccccc3)cc2)CC1. The molecule has 0 saturated carbocycles. The van der Waals surface area contributed by atoms with Gasteiger partial charge in [-0.15, -0.1) is 0 Å². The van der Waals surface area contributed by atoms with Crippen LogP contribution in [0.15, 0.2) is 54.6 Å². The van der Waals surface area contributed by atoms with Crippen molar-refractivity contribution >= 4 is 23.8 Å². The van der Waals surface area contributed by atoms with Crippen LogP contribution in [0.5, 0.6) is 5.75 Å². The summed E-state index contributed by atoms with van der Waals surface area (Å²) in [5.41, 5.74) is 0.522. The molecule has 1 fully saturated rings. The highest BCUT2D eigenvalue weighted by molar-refractivity contribution is 5.95. The lowest BCUT2D eigenvalue weighted by molar-refractivity contribution is 0.0473. The molecule has 3 rings (SSSR count). The Morgan fingerprint density at radius 2 is 1.53 bits per heavy atom. The molecule has 1 aliphatic heterocycles. The van der Waals surface area contributed by atoms with E-state index in [-0.39, 0.29) is 11.9 Å². The van der Waals surface area contributed by atoms with Gasteiger partial charge in [0, 0.05) is 30.4 Å². The fraction of sp³-hybridized carbons (Fsp3) is 0.375. The minimum atomic E-state index is -0.602. The summed E-state index contributed by atoms with van der Waals surface area (Å²) >= 11 is 0. The van der Waals surface area contributed by atoms with Gasteiger partial charge in [0.1, 0.15) is 11.4 Å². The minimum Gasteiger partial charge on any atom is -0.444 e. The predicted molar refractivity (Wildman–Crippen MR) is 121 cm³/mol. The average molecular weight is 440 g/mol. The normalized spacial score (nSPS) is 14.4. The number of nitrogens with one attached hydrogen (secondary N) is 2. The first-order valence-electron chi connectivity index (χ1n) is 10.6. The molecule has 2 aromatic rings. The predicted octanol–water partition coefficient (Wildman–Crippen LogP) is 4.43. The van der Waals surface area contributed by atoms with Crippen LogP contribution >= 0.6 is 0 Å². The van der Waals surface area contributed by atoms with Crippen LogP contribution in [0.1, 0.15) is 44.0 Å². The van der Waals surface area contributed by atoms with E-state index in [0.717, 1.165) is 0 Å². The van der Waals surface area contributed by atoms with E-state index in [1.165, 1.54) is 0 Å². The van der Waals surface area contributed by atoms with Crippen molar-refractivity contribution in [2.45, 2.75) is 45.3 Å². The maximum atomic E-state index is 12.8. The number of carbonyl (C=O) groups excluding carboxylic acids is 3. The molecule has 8 nitrogen and oxygen atoms in total. The van der Waals surface area contributed by atoms with Crippen molar-refractivity contribution in [3.05, 3.63) is 60.2 Å². The van der Waals surface area contributed by atoms with E-state index >= 15 is 0 Å². The largest absolute Gasteiger partial charge is 0.444 e. The summed E-state index contributed by atoms with van der Waals surface area (Å²) in [4.78, 5) is 38.5. The van der Waals surface area contributed by atoms with Gasteiger partial charge in [0.15, 0.2) is 0 Å². The molecule has 8 heteroatoms. The summed E-state index contributed by atoms with van der Waals surface area (Å²) in [7, 11) is 0. The van der Waals surface area contributed by atoms with Crippen molar-refractivity contribution in [3.8, 4) is 5.75 Å². The van der Waals surface area contributed by atoms with E-state index in [4.69, 9.17) is 9.47 Å². The number of hydrogen-bond acceptors (Lipinski definition) is 5. The van der Waals surface area contributed by atoms with Gasteiger partial charge >= 0.3 is 12.2 Å². The number of benzene rings is 2. The second-order valence-electron chi connectivity index (χ2n) is 8.62. The molecule has 1 heterocycles. The van der Waals surface area contributed by atoms with Crippen LogP contribution in [0.3, 0.4) is 0 Å². The van der Waals surface area contributed by atoms with Crippen molar-refractivity contribution in [1.29, 1.82) is 0 Å². The van der Waals surface area contributed by atoms with E-state index in [0.29, 0.717) is 42.9 Å². The van der Waals surface area contributed by atoms with E-state index in [2.05, 4.69) is 10.6 Å². The zero-order valence-electron chi connectivity index (χ0n) is 18.6. The molecular formula is C24H29N3O5. The fourth-order valence-electron chi connectivity index (χ4n) is 3.32. The first-order chi connectivity index (χ1) is 15.2. The lowest BCUT2D eigenvalue weighted by Crippen LogP contribution is -2.47. The number of ether oxygens (including phenoxy) is 2. The number of alkyl carbamates (subject to hydrolysis) is 1. The molecule has 32 heavy (non-hydrogen) atoms. The smallest absolute Gasteiger partial charge is 0.417 e. The van der Waals surface area contributed by atoms with Crippen LogP contribution in [-0.4, -0.2) is 47.7 Å². The Labute approximate surface area is 187 Å². The van der Waals surface area contributed by atoms with Gasteiger partial charge in [0.2, 0.25) is 0 Å². The third kappa shape index (κ3) is 7.01. The standard InChI is InChI=1S/C24H29N3O5/c1-24(2,3)32-23(30)26-19-13-15-27(16-14-19)21(28)17-9-11-18(12-10-17)25-22(29)31-20-7-5-4-6-8-20/h4-12,19H,13-16H2,1-3H3,(H,25,29)(H,26,30). The summed E-state index contributed by atoms with van der Waals surface area (Å²) in [5.74, 6) is 0.362. The second kappa shape index (κ2) is 10.2. The topological polar surface area (TPSA) is 97.0 Å². The Hall–Kier alpha value is -3.55. The zero-order chi connectivity index (χ0) is 23.1. The van der Waals surface area contributed by atoms with Gasteiger partial charge in [-0.3, -0.25) is 10.1 Å². The Morgan fingerprint density at radius 3 is 2.12 bits per heavy atom. The lowest BCUT2D eigenvalue weighted by atomic mass is 10.0. The van der Waals surface area contributed by atoms with Crippen molar-refractivity contribution < 1.29 is 23.9 Å². The van der Waals surface area contributed by atoms with Crippen LogP contribution in [-0.2, 0) is 4.74 Å². The van der Waals surface area contributed by atoms with Crippen LogP contribution in [0.25, 0.3) is 0 Å². The van der Waals surface area contributed by atoms with Gasteiger partial charge < -0.3 is 19.7 Å². The third-order valence-corrected chi connectivity index (χ3v) is 4.84. The summed E-state index contributed by atoms with van der Waals surface area (Å²) < 4.78 is 10.5. The Bertz CT molecular complexity index is 930. The number of carbonyl (C=O) groups is 3. The number of likely N-dealkylation sites (tertiary alicyclic amines) is 1. The molecule has 3 amide bonds. The maximum Gasteiger partial charge on any atom is 0.417 e. The van der Waals surface area contributed by atoms with Gasteiger partial charge in [-0.05, 0) is 70.0 Å². The number of piperidine rings is 1. The zero-order valence-corrected chi connectivity index (χ0v) is 18.6. The molecule has 0 aliphatic carbocycles. The highest BCUT2D eigenvalue weighted by Gasteiger charge is 2.26. The van der Waals surface area contributed by atoms with Gasteiger partial charge in [0.25, 0.3) is 5.91 Å². The van der Waals surface area contributed by atoms with Crippen molar-refractivity contribution in [3.63, 3.8) is 0 Å².